The van der Waals surface area contributed by atoms with E-state index in [0.29, 0.717) is 22.2 Å². The molecule has 3 N–H and O–H groups in total. The molecule has 1 saturated carbocycles. The number of ether oxygens (including phenoxy) is 1. The second kappa shape index (κ2) is 10.6. The van der Waals surface area contributed by atoms with Gasteiger partial charge in [-0.1, -0.05) is 24.9 Å². The molecule has 0 radical (unpaired) electrons. The lowest BCUT2D eigenvalue weighted by Crippen LogP contribution is -2.19. The lowest BCUT2D eigenvalue weighted by Gasteiger charge is -2.19. The Balaban J connectivity index is 1.74. The summed E-state index contributed by atoms with van der Waals surface area (Å²) in [6, 6.07) is 13.7. The van der Waals surface area contributed by atoms with Gasteiger partial charge in [0.25, 0.3) is 0 Å². The second-order valence-electron chi connectivity index (χ2n) is 7.59. The fourth-order valence-electron chi connectivity index (χ4n) is 3.11. The van der Waals surface area contributed by atoms with Gasteiger partial charge in [0, 0.05) is 27.1 Å². The first-order valence-corrected chi connectivity index (χ1v) is 14.1. The molecule has 180 valence electrons. The first-order chi connectivity index (χ1) is 16.2. The van der Waals surface area contributed by atoms with Crippen LogP contribution in [0.4, 0.5) is 31.5 Å². The van der Waals surface area contributed by atoms with Crippen molar-refractivity contribution in [3.63, 3.8) is 0 Å². The summed E-state index contributed by atoms with van der Waals surface area (Å²) in [5.74, 6) is -0.0365. The minimum absolute atomic E-state index is 0.00699. The van der Waals surface area contributed by atoms with E-state index in [0.717, 1.165) is 23.6 Å². The van der Waals surface area contributed by atoms with Crippen molar-refractivity contribution in [1.82, 2.24) is 0 Å². The van der Waals surface area contributed by atoms with E-state index in [4.69, 9.17) is 4.74 Å². The molecular formula is C23H22F2IN3O3S2. The zero-order valence-corrected chi connectivity index (χ0v) is 21.9. The monoisotopic (exact) mass is 617 g/mol. The SMILES string of the molecule is CCSNc1cccc(Oc2cc(F)cc(Nc3ccc(I)cc3F)c2NS(=O)(=O)C2CC2)c1. The normalized spacial score (nSPS) is 13.4. The Labute approximate surface area is 215 Å². The maximum atomic E-state index is 14.6. The molecule has 1 aliphatic carbocycles. The number of anilines is 4. The van der Waals surface area contributed by atoms with Crippen molar-refractivity contribution in [3.05, 3.63) is 69.8 Å². The number of benzene rings is 3. The summed E-state index contributed by atoms with van der Waals surface area (Å²) in [5.41, 5.74) is 0.898. The Bertz CT molecular complexity index is 1300. The third-order valence-corrected chi connectivity index (χ3v) is 8.05. The number of rotatable bonds is 10. The number of nitrogens with one attached hydrogen (secondary N) is 3. The van der Waals surface area contributed by atoms with E-state index in [1.54, 1.807) is 24.3 Å². The fraction of sp³-hybridized carbons (Fsp3) is 0.217. The zero-order valence-electron chi connectivity index (χ0n) is 18.1. The van der Waals surface area contributed by atoms with Gasteiger partial charge in [-0.05, 0) is 71.8 Å². The van der Waals surface area contributed by atoms with Gasteiger partial charge < -0.3 is 14.8 Å². The third kappa shape index (κ3) is 6.25. The zero-order chi connectivity index (χ0) is 24.3. The molecule has 0 bridgehead atoms. The Kier molecular flexibility index (Phi) is 7.73. The van der Waals surface area contributed by atoms with Crippen LogP contribution in [0.3, 0.4) is 0 Å². The molecule has 34 heavy (non-hydrogen) atoms. The highest BCUT2D eigenvalue weighted by molar-refractivity contribution is 14.1. The van der Waals surface area contributed by atoms with Crippen LogP contribution in [0.25, 0.3) is 0 Å². The average molecular weight is 617 g/mol. The first kappa shape index (κ1) is 24.9. The Morgan fingerprint density at radius 2 is 1.88 bits per heavy atom. The summed E-state index contributed by atoms with van der Waals surface area (Å²) in [6.07, 6.45) is 1.09. The van der Waals surface area contributed by atoms with Crippen LogP contribution in [0.5, 0.6) is 11.5 Å². The number of hydrogen-bond acceptors (Lipinski definition) is 6. The van der Waals surface area contributed by atoms with Gasteiger partial charge in [0.1, 0.15) is 23.1 Å². The van der Waals surface area contributed by atoms with Crippen molar-refractivity contribution >= 4 is 67.3 Å². The molecule has 0 saturated heterocycles. The van der Waals surface area contributed by atoms with Crippen LogP contribution in [0.1, 0.15) is 19.8 Å². The summed E-state index contributed by atoms with van der Waals surface area (Å²) >= 11 is 3.48. The highest BCUT2D eigenvalue weighted by Crippen LogP contribution is 2.41. The van der Waals surface area contributed by atoms with E-state index in [1.165, 1.54) is 24.1 Å². The number of sulfonamides is 1. The van der Waals surface area contributed by atoms with Gasteiger partial charge in [0.05, 0.1) is 16.6 Å². The summed E-state index contributed by atoms with van der Waals surface area (Å²) < 4.78 is 67.0. The van der Waals surface area contributed by atoms with Crippen LogP contribution in [0.2, 0.25) is 0 Å². The van der Waals surface area contributed by atoms with Crippen molar-refractivity contribution in [1.29, 1.82) is 0 Å². The molecule has 11 heteroatoms. The van der Waals surface area contributed by atoms with E-state index in [1.807, 2.05) is 35.6 Å². The van der Waals surface area contributed by atoms with E-state index in [-0.39, 0.29) is 22.8 Å². The number of hydrogen-bond donors (Lipinski definition) is 3. The van der Waals surface area contributed by atoms with E-state index < -0.39 is 26.9 Å². The van der Waals surface area contributed by atoms with E-state index in [9.17, 15) is 17.2 Å². The maximum absolute atomic E-state index is 14.6. The van der Waals surface area contributed by atoms with E-state index in [2.05, 4.69) is 14.8 Å². The van der Waals surface area contributed by atoms with E-state index >= 15 is 0 Å². The summed E-state index contributed by atoms with van der Waals surface area (Å²) in [6.45, 7) is 2.01. The molecule has 0 spiro atoms. The Hall–Kier alpha value is -2.25. The first-order valence-electron chi connectivity index (χ1n) is 10.5. The summed E-state index contributed by atoms with van der Waals surface area (Å²) in [7, 11) is -3.72. The van der Waals surface area contributed by atoms with Crippen molar-refractivity contribution in [2.45, 2.75) is 25.0 Å². The molecule has 3 aromatic rings. The Morgan fingerprint density at radius 3 is 2.59 bits per heavy atom. The standard InChI is InChI=1S/C23H22F2IN3O3S2/c1-2-33-28-16-4-3-5-17(13-16)32-22-11-14(24)10-21(23(22)29-34(30,31)18-7-8-18)27-20-9-6-15(26)12-19(20)25/h3-6,9-13,18,27-29H,2,7-8H2,1H3. The highest BCUT2D eigenvalue weighted by atomic mass is 127. The Morgan fingerprint density at radius 1 is 1.09 bits per heavy atom. The summed E-state index contributed by atoms with van der Waals surface area (Å²) in [4.78, 5) is 0. The molecule has 0 amide bonds. The lowest BCUT2D eigenvalue weighted by atomic mass is 10.2. The van der Waals surface area contributed by atoms with Crippen LogP contribution < -0.4 is 19.5 Å². The topological polar surface area (TPSA) is 79.5 Å². The maximum Gasteiger partial charge on any atom is 0.235 e. The minimum atomic E-state index is -3.72. The van der Waals surface area contributed by atoms with Gasteiger partial charge in [-0.2, -0.15) is 0 Å². The fourth-order valence-corrected chi connectivity index (χ4v) is 5.42. The minimum Gasteiger partial charge on any atom is -0.455 e. The van der Waals surface area contributed by atoms with Crippen molar-refractivity contribution < 1.29 is 21.9 Å². The van der Waals surface area contributed by atoms with Gasteiger partial charge in [0.15, 0.2) is 5.75 Å². The largest absolute Gasteiger partial charge is 0.455 e. The predicted molar refractivity (Wildman–Crippen MR) is 143 cm³/mol. The third-order valence-electron chi connectivity index (χ3n) is 4.87. The van der Waals surface area contributed by atoms with Crippen molar-refractivity contribution in [2.24, 2.45) is 0 Å². The second-order valence-corrected chi connectivity index (χ2v) is 11.9. The quantitative estimate of drug-likeness (QED) is 0.167. The smallest absolute Gasteiger partial charge is 0.235 e. The van der Waals surface area contributed by atoms with Gasteiger partial charge in [0.2, 0.25) is 10.0 Å². The van der Waals surface area contributed by atoms with Gasteiger partial charge in [-0.15, -0.1) is 0 Å². The van der Waals surface area contributed by atoms with Crippen LogP contribution in [0.15, 0.2) is 54.6 Å². The van der Waals surface area contributed by atoms with Crippen molar-refractivity contribution in [2.75, 3.05) is 20.5 Å². The molecule has 6 nitrogen and oxygen atoms in total. The van der Waals surface area contributed by atoms with Crippen LogP contribution in [-0.2, 0) is 10.0 Å². The molecule has 0 unspecified atom stereocenters. The highest BCUT2D eigenvalue weighted by Gasteiger charge is 2.37. The molecule has 0 atom stereocenters. The summed E-state index contributed by atoms with van der Waals surface area (Å²) in [5, 5.41) is 2.29. The van der Waals surface area contributed by atoms with Crippen LogP contribution in [0, 0.1) is 15.2 Å². The molecular weight excluding hydrogens is 595 g/mol. The molecule has 0 aliphatic heterocycles. The molecule has 3 aromatic carbocycles. The predicted octanol–water partition coefficient (Wildman–Crippen LogP) is 7.09. The van der Waals surface area contributed by atoms with Gasteiger partial charge in [-0.25, -0.2) is 17.2 Å². The molecule has 4 rings (SSSR count). The lowest BCUT2D eigenvalue weighted by molar-refractivity contribution is 0.479. The van der Waals surface area contributed by atoms with Crippen LogP contribution in [-0.4, -0.2) is 19.4 Å². The molecule has 1 aliphatic rings. The van der Waals surface area contributed by atoms with Gasteiger partial charge >= 0.3 is 0 Å². The molecule has 0 aromatic heterocycles. The molecule has 0 heterocycles. The molecule has 1 fully saturated rings. The van der Waals surface area contributed by atoms with Gasteiger partial charge in [-0.3, -0.25) is 4.72 Å². The number of halogens is 3. The van der Waals surface area contributed by atoms with Crippen LogP contribution >= 0.6 is 34.5 Å². The average Bonchev–Trinajstić information content (AvgIpc) is 3.63. The van der Waals surface area contributed by atoms with Crippen molar-refractivity contribution in [3.8, 4) is 11.5 Å².